The molecule has 2 aromatic rings. The molecule has 1 heterocycles. The summed E-state index contributed by atoms with van der Waals surface area (Å²) in [6.07, 6.45) is 0. The van der Waals surface area contributed by atoms with Gasteiger partial charge in [0, 0.05) is 11.3 Å². The summed E-state index contributed by atoms with van der Waals surface area (Å²) in [5, 5.41) is 4.19. The van der Waals surface area contributed by atoms with Crippen LogP contribution in [0.25, 0.3) is 0 Å². The van der Waals surface area contributed by atoms with E-state index in [2.05, 4.69) is 16.0 Å². The molecule has 2 rings (SSSR count). The Morgan fingerprint density at radius 2 is 1.90 bits per heavy atom. The van der Waals surface area contributed by atoms with Crippen LogP contribution in [-0.4, -0.2) is 21.6 Å². The number of aromatic nitrogens is 2. The third kappa shape index (κ3) is 3.92. The van der Waals surface area contributed by atoms with Gasteiger partial charge in [0.15, 0.2) is 0 Å². The molecule has 6 heteroatoms. The second-order valence-electron chi connectivity index (χ2n) is 4.96. The van der Waals surface area contributed by atoms with Crippen molar-refractivity contribution in [1.82, 2.24) is 20.6 Å². The van der Waals surface area contributed by atoms with Crippen LogP contribution >= 0.6 is 0 Å². The molecule has 0 aliphatic rings. The summed E-state index contributed by atoms with van der Waals surface area (Å²) in [4.78, 5) is 23.7. The number of benzene rings is 1. The van der Waals surface area contributed by atoms with Gasteiger partial charge in [-0.2, -0.15) is 5.10 Å². The summed E-state index contributed by atoms with van der Waals surface area (Å²) in [5.41, 5.74) is 8.01. The third-order valence-electron chi connectivity index (χ3n) is 2.99. The Kier molecular flexibility index (Phi) is 4.37. The van der Waals surface area contributed by atoms with Crippen molar-refractivity contribution in [3.05, 3.63) is 52.8 Å². The molecule has 0 aliphatic carbocycles. The molecule has 21 heavy (non-hydrogen) atoms. The maximum atomic E-state index is 11.9. The van der Waals surface area contributed by atoms with Crippen molar-refractivity contribution < 1.29 is 9.59 Å². The number of carbonyl (C=O) groups excluding carboxylic acids is 2. The Hall–Kier alpha value is -2.63. The van der Waals surface area contributed by atoms with E-state index in [-0.39, 0.29) is 18.4 Å². The lowest BCUT2D eigenvalue weighted by atomic mass is 10.1. The third-order valence-corrected chi connectivity index (χ3v) is 2.99. The highest BCUT2D eigenvalue weighted by atomic mass is 16.2. The molecule has 2 amide bonds. The Labute approximate surface area is 123 Å². The minimum Gasteiger partial charge on any atom is -0.271 e. The molecule has 0 fully saturated rings. The van der Waals surface area contributed by atoms with Crippen LogP contribution in [-0.2, 0) is 11.3 Å². The molecule has 6 nitrogen and oxygen atoms in total. The fourth-order valence-corrected chi connectivity index (χ4v) is 2.00. The predicted octanol–water partition coefficient (Wildman–Crippen LogP) is 1.27. The quantitative estimate of drug-likeness (QED) is 0.834. The number of rotatable bonds is 3. The number of aryl methyl sites for hydroxylation is 3. The molecule has 1 aromatic heterocycles. The number of carbonyl (C=O) groups is 2. The second-order valence-corrected chi connectivity index (χ2v) is 4.96. The minimum absolute atomic E-state index is 0.0633. The number of hydrogen-bond donors (Lipinski definition) is 2. The molecule has 110 valence electrons. The van der Waals surface area contributed by atoms with Gasteiger partial charge in [0.05, 0.1) is 5.69 Å². The smallest absolute Gasteiger partial charge is 0.269 e. The Balaban J connectivity index is 1.89. The van der Waals surface area contributed by atoms with Gasteiger partial charge in [-0.15, -0.1) is 0 Å². The van der Waals surface area contributed by atoms with Gasteiger partial charge in [-0.3, -0.25) is 25.1 Å². The number of nitrogens with one attached hydrogen (secondary N) is 2. The highest BCUT2D eigenvalue weighted by molar-refractivity contribution is 5.95. The van der Waals surface area contributed by atoms with Crippen LogP contribution in [0.2, 0.25) is 0 Å². The maximum absolute atomic E-state index is 11.9. The van der Waals surface area contributed by atoms with Crippen LogP contribution in [0.5, 0.6) is 0 Å². The van der Waals surface area contributed by atoms with Crippen LogP contribution in [0, 0.1) is 20.8 Å². The normalized spacial score (nSPS) is 10.2. The lowest BCUT2D eigenvalue weighted by Gasteiger charge is -2.08. The predicted molar refractivity (Wildman–Crippen MR) is 78.5 cm³/mol. The zero-order valence-electron chi connectivity index (χ0n) is 12.3. The molecule has 0 aliphatic heterocycles. The van der Waals surface area contributed by atoms with E-state index in [1.807, 2.05) is 32.9 Å². The summed E-state index contributed by atoms with van der Waals surface area (Å²) >= 11 is 0. The molecule has 2 N–H and O–H groups in total. The molecule has 0 spiro atoms. The largest absolute Gasteiger partial charge is 0.271 e. The molecule has 0 radical (unpaired) electrons. The van der Waals surface area contributed by atoms with Crippen LogP contribution in [0.15, 0.2) is 30.3 Å². The van der Waals surface area contributed by atoms with Gasteiger partial charge in [-0.25, -0.2) is 0 Å². The van der Waals surface area contributed by atoms with Crippen molar-refractivity contribution in [3.63, 3.8) is 0 Å². The summed E-state index contributed by atoms with van der Waals surface area (Å²) in [6, 6.07) is 9.02. The van der Waals surface area contributed by atoms with Crippen molar-refractivity contribution in [2.45, 2.75) is 27.3 Å². The average molecular weight is 286 g/mol. The number of nitrogens with zero attached hydrogens (tertiary/aromatic N) is 2. The zero-order valence-corrected chi connectivity index (χ0v) is 12.3. The van der Waals surface area contributed by atoms with Gasteiger partial charge in [0.25, 0.3) is 11.8 Å². The summed E-state index contributed by atoms with van der Waals surface area (Å²) < 4.78 is 1.59. The number of hydrazine groups is 1. The average Bonchev–Trinajstić information content (AvgIpc) is 2.74. The first-order valence-corrected chi connectivity index (χ1v) is 6.62. The van der Waals surface area contributed by atoms with Crippen molar-refractivity contribution >= 4 is 11.8 Å². The Morgan fingerprint density at radius 3 is 2.52 bits per heavy atom. The standard InChI is InChI=1S/C15H18N4O2/c1-10-5-4-6-13(7-10)15(21)17-16-14(20)9-19-12(3)8-11(2)18-19/h4-8H,9H2,1-3H3,(H,16,20)(H,17,21). The van der Waals surface area contributed by atoms with Gasteiger partial charge in [0.1, 0.15) is 6.54 Å². The topological polar surface area (TPSA) is 76.0 Å². The van der Waals surface area contributed by atoms with E-state index in [0.29, 0.717) is 5.56 Å². The van der Waals surface area contributed by atoms with E-state index in [1.165, 1.54) is 0 Å². The van der Waals surface area contributed by atoms with Crippen molar-refractivity contribution in [2.24, 2.45) is 0 Å². The number of amides is 2. The van der Waals surface area contributed by atoms with E-state index in [0.717, 1.165) is 17.0 Å². The van der Waals surface area contributed by atoms with Crippen LogP contribution < -0.4 is 10.9 Å². The van der Waals surface area contributed by atoms with E-state index < -0.39 is 0 Å². The molecular formula is C15H18N4O2. The van der Waals surface area contributed by atoms with E-state index in [4.69, 9.17) is 0 Å². The first-order chi connectivity index (χ1) is 9.95. The SMILES string of the molecule is Cc1cccc(C(=O)NNC(=O)Cn2nc(C)cc2C)c1. The van der Waals surface area contributed by atoms with Gasteiger partial charge in [0.2, 0.25) is 0 Å². The maximum Gasteiger partial charge on any atom is 0.269 e. The summed E-state index contributed by atoms with van der Waals surface area (Å²) in [5.74, 6) is -0.678. The van der Waals surface area contributed by atoms with Crippen LogP contribution in [0.4, 0.5) is 0 Å². The molecular weight excluding hydrogens is 268 g/mol. The highest BCUT2D eigenvalue weighted by Crippen LogP contribution is 2.03. The summed E-state index contributed by atoms with van der Waals surface area (Å²) in [6.45, 7) is 5.70. The van der Waals surface area contributed by atoms with E-state index in [9.17, 15) is 9.59 Å². The van der Waals surface area contributed by atoms with Crippen LogP contribution in [0.3, 0.4) is 0 Å². The highest BCUT2D eigenvalue weighted by Gasteiger charge is 2.09. The fourth-order valence-electron chi connectivity index (χ4n) is 2.00. The summed E-state index contributed by atoms with van der Waals surface area (Å²) in [7, 11) is 0. The van der Waals surface area contributed by atoms with Crippen LogP contribution in [0.1, 0.15) is 27.3 Å². The minimum atomic E-state index is -0.347. The molecule has 0 unspecified atom stereocenters. The first-order valence-electron chi connectivity index (χ1n) is 6.62. The lowest BCUT2D eigenvalue weighted by molar-refractivity contribution is -0.122. The second kappa shape index (κ2) is 6.21. The molecule has 1 aromatic carbocycles. The van der Waals surface area contributed by atoms with Gasteiger partial charge in [-0.05, 0) is 39.0 Å². The Morgan fingerprint density at radius 1 is 1.14 bits per heavy atom. The number of hydrogen-bond acceptors (Lipinski definition) is 3. The molecule has 0 saturated heterocycles. The zero-order chi connectivity index (χ0) is 15.4. The molecule has 0 saturated carbocycles. The molecule has 0 atom stereocenters. The monoisotopic (exact) mass is 286 g/mol. The lowest BCUT2D eigenvalue weighted by Crippen LogP contribution is -2.43. The van der Waals surface area contributed by atoms with Crippen molar-refractivity contribution in [3.8, 4) is 0 Å². The van der Waals surface area contributed by atoms with Gasteiger partial charge >= 0.3 is 0 Å². The van der Waals surface area contributed by atoms with Crippen molar-refractivity contribution in [1.29, 1.82) is 0 Å². The first kappa shape index (κ1) is 14.8. The van der Waals surface area contributed by atoms with Gasteiger partial charge in [-0.1, -0.05) is 17.7 Å². The molecule has 0 bridgehead atoms. The Bertz CT molecular complexity index is 676. The van der Waals surface area contributed by atoms with E-state index in [1.54, 1.807) is 22.9 Å². The van der Waals surface area contributed by atoms with Crippen molar-refractivity contribution in [2.75, 3.05) is 0 Å². The fraction of sp³-hybridized carbons (Fsp3) is 0.267. The van der Waals surface area contributed by atoms with E-state index >= 15 is 0 Å². The van der Waals surface area contributed by atoms with Gasteiger partial charge < -0.3 is 0 Å².